The predicted molar refractivity (Wildman–Crippen MR) is 111 cm³/mol. The molecule has 1 heterocycles. The lowest BCUT2D eigenvalue weighted by molar-refractivity contribution is -0.892. The largest absolute Gasteiger partial charge is 0.360 e. The Morgan fingerprint density at radius 1 is 1.15 bits per heavy atom. The van der Waals surface area contributed by atoms with Crippen molar-refractivity contribution in [3.63, 3.8) is 0 Å². The van der Waals surface area contributed by atoms with Crippen molar-refractivity contribution in [2.75, 3.05) is 42.9 Å². The van der Waals surface area contributed by atoms with Crippen LogP contribution in [0.25, 0.3) is 0 Å². The number of quaternary nitrogens is 1. The second-order valence-corrected chi connectivity index (χ2v) is 8.02. The fraction of sp³-hybridized carbons (Fsp3) is 0.381. The molecule has 1 aliphatic heterocycles. The van der Waals surface area contributed by atoms with Crippen LogP contribution in [0.4, 0.5) is 11.4 Å². The molecule has 0 unspecified atom stereocenters. The highest BCUT2D eigenvalue weighted by molar-refractivity contribution is 9.10. The topological polar surface area (TPSA) is 36.8 Å². The third-order valence-corrected chi connectivity index (χ3v) is 5.85. The van der Waals surface area contributed by atoms with Gasteiger partial charge in [-0.1, -0.05) is 18.2 Å². The Balaban J connectivity index is 1.53. The van der Waals surface area contributed by atoms with Crippen LogP contribution in [0.5, 0.6) is 0 Å². The molecular weight excluding hydrogens is 390 g/mol. The number of piperazine rings is 1. The van der Waals surface area contributed by atoms with Crippen LogP contribution in [0.3, 0.4) is 0 Å². The first-order chi connectivity index (χ1) is 12.4. The molecule has 3 rings (SSSR count). The number of carbonyl (C=O) groups excluding carboxylic acids is 1. The van der Waals surface area contributed by atoms with Gasteiger partial charge in [-0.2, -0.15) is 0 Å². The predicted octanol–water partition coefficient (Wildman–Crippen LogP) is 2.72. The second-order valence-electron chi connectivity index (χ2n) is 7.16. The number of halogens is 1. The lowest BCUT2D eigenvalue weighted by Gasteiger charge is -2.34. The zero-order valence-electron chi connectivity index (χ0n) is 15.7. The molecule has 0 aliphatic carbocycles. The van der Waals surface area contributed by atoms with Gasteiger partial charge in [0.15, 0.2) is 6.54 Å². The van der Waals surface area contributed by atoms with Crippen molar-refractivity contribution in [1.82, 2.24) is 0 Å². The maximum Gasteiger partial charge on any atom is 0.279 e. The molecule has 5 heteroatoms. The van der Waals surface area contributed by atoms with E-state index in [0.717, 1.165) is 36.3 Å². The first-order valence-electron chi connectivity index (χ1n) is 9.15. The van der Waals surface area contributed by atoms with E-state index in [9.17, 15) is 4.79 Å². The zero-order chi connectivity index (χ0) is 18.7. The maximum atomic E-state index is 12.4. The summed E-state index contributed by atoms with van der Waals surface area (Å²) in [5.41, 5.74) is 6.03. The Kier molecular flexibility index (Phi) is 5.99. The van der Waals surface area contributed by atoms with Gasteiger partial charge < -0.3 is 15.1 Å². The van der Waals surface area contributed by atoms with E-state index in [4.69, 9.17) is 0 Å². The molecule has 4 nitrogen and oxygen atoms in total. The number of nitrogens with one attached hydrogen (secondary N) is 2. The van der Waals surface area contributed by atoms with Crippen LogP contribution in [0, 0.1) is 20.8 Å². The Morgan fingerprint density at radius 2 is 1.88 bits per heavy atom. The smallest absolute Gasteiger partial charge is 0.279 e. The Labute approximate surface area is 164 Å². The lowest BCUT2D eigenvalue weighted by Crippen LogP contribution is -3.15. The van der Waals surface area contributed by atoms with Crippen molar-refractivity contribution in [3.8, 4) is 0 Å². The normalized spacial score (nSPS) is 15.2. The number of benzene rings is 2. The van der Waals surface area contributed by atoms with Gasteiger partial charge in [-0.15, -0.1) is 0 Å². The highest BCUT2D eigenvalue weighted by Gasteiger charge is 2.23. The number of carbonyl (C=O) groups is 1. The minimum Gasteiger partial charge on any atom is -0.360 e. The molecule has 2 N–H and O–H groups in total. The van der Waals surface area contributed by atoms with Crippen molar-refractivity contribution in [3.05, 3.63) is 57.6 Å². The third-order valence-electron chi connectivity index (χ3n) is 5.20. The van der Waals surface area contributed by atoms with E-state index in [-0.39, 0.29) is 5.91 Å². The van der Waals surface area contributed by atoms with Crippen LogP contribution in [-0.4, -0.2) is 38.6 Å². The Bertz CT molecular complexity index is 798. The highest BCUT2D eigenvalue weighted by atomic mass is 79.9. The summed E-state index contributed by atoms with van der Waals surface area (Å²) >= 11 is 3.52. The number of nitrogens with zero attached hydrogens (tertiary/aromatic N) is 1. The second kappa shape index (κ2) is 8.23. The number of anilines is 2. The van der Waals surface area contributed by atoms with Crippen LogP contribution in [-0.2, 0) is 4.79 Å². The molecule has 2 aromatic carbocycles. The third kappa shape index (κ3) is 4.46. The fourth-order valence-electron chi connectivity index (χ4n) is 3.46. The summed E-state index contributed by atoms with van der Waals surface area (Å²) < 4.78 is 0.931. The molecule has 1 saturated heterocycles. The highest BCUT2D eigenvalue weighted by Crippen LogP contribution is 2.23. The summed E-state index contributed by atoms with van der Waals surface area (Å²) in [7, 11) is 0. The Morgan fingerprint density at radius 3 is 2.58 bits per heavy atom. The van der Waals surface area contributed by atoms with E-state index >= 15 is 0 Å². The van der Waals surface area contributed by atoms with Crippen LogP contribution < -0.4 is 15.1 Å². The van der Waals surface area contributed by atoms with Crippen LogP contribution in [0.1, 0.15) is 16.7 Å². The number of rotatable bonds is 4. The Hall–Kier alpha value is -1.85. The molecule has 0 atom stereocenters. The first kappa shape index (κ1) is 18.9. The average Bonchev–Trinajstić information content (AvgIpc) is 2.61. The summed E-state index contributed by atoms with van der Waals surface area (Å²) in [6.07, 6.45) is 0. The van der Waals surface area contributed by atoms with E-state index in [1.165, 1.54) is 27.3 Å². The van der Waals surface area contributed by atoms with Gasteiger partial charge >= 0.3 is 0 Å². The molecule has 1 aliphatic rings. The van der Waals surface area contributed by atoms with E-state index in [2.05, 4.69) is 58.2 Å². The van der Waals surface area contributed by atoms with E-state index < -0.39 is 0 Å². The fourth-order valence-corrected chi connectivity index (χ4v) is 4.05. The SMILES string of the molecule is Cc1ccc(NC(=O)C[NH+]2CCN(c3cccc(C)c3C)CC2)c(Br)c1. The molecule has 26 heavy (non-hydrogen) atoms. The van der Waals surface area contributed by atoms with Gasteiger partial charge in [0.05, 0.1) is 31.9 Å². The van der Waals surface area contributed by atoms with Gasteiger partial charge in [0.2, 0.25) is 0 Å². The molecule has 1 fully saturated rings. The number of aryl methyl sites for hydroxylation is 2. The summed E-state index contributed by atoms with van der Waals surface area (Å²) in [6.45, 7) is 10.8. The van der Waals surface area contributed by atoms with E-state index in [1.54, 1.807) is 0 Å². The molecule has 1 amide bonds. The molecule has 0 bridgehead atoms. The van der Waals surface area contributed by atoms with Crippen molar-refractivity contribution in [2.45, 2.75) is 20.8 Å². The van der Waals surface area contributed by atoms with Crippen LogP contribution in [0.2, 0.25) is 0 Å². The minimum absolute atomic E-state index is 0.0738. The average molecular weight is 417 g/mol. The van der Waals surface area contributed by atoms with E-state index in [1.807, 2.05) is 25.1 Å². The molecule has 0 radical (unpaired) electrons. The lowest BCUT2D eigenvalue weighted by atomic mass is 10.1. The van der Waals surface area contributed by atoms with Gasteiger partial charge in [-0.05, 0) is 71.6 Å². The van der Waals surface area contributed by atoms with Gasteiger partial charge in [0, 0.05) is 10.2 Å². The van der Waals surface area contributed by atoms with Crippen molar-refractivity contribution in [1.29, 1.82) is 0 Å². The first-order valence-corrected chi connectivity index (χ1v) is 9.94. The quantitative estimate of drug-likeness (QED) is 0.803. The molecule has 0 spiro atoms. The zero-order valence-corrected chi connectivity index (χ0v) is 17.3. The molecular formula is C21H27BrN3O+. The maximum absolute atomic E-state index is 12.4. The molecule has 0 aromatic heterocycles. The number of amides is 1. The van der Waals surface area contributed by atoms with Gasteiger partial charge in [-0.25, -0.2) is 0 Å². The summed E-state index contributed by atoms with van der Waals surface area (Å²) in [5, 5.41) is 3.02. The molecule has 0 saturated carbocycles. The summed E-state index contributed by atoms with van der Waals surface area (Å²) in [5.74, 6) is 0.0738. The van der Waals surface area contributed by atoms with Crippen LogP contribution >= 0.6 is 15.9 Å². The van der Waals surface area contributed by atoms with Crippen LogP contribution in [0.15, 0.2) is 40.9 Å². The van der Waals surface area contributed by atoms with Gasteiger partial charge in [-0.3, -0.25) is 4.79 Å². The van der Waals surface area contributed by atoms with Gasteiger partial charge in [0.1, 0.15) is 0 Å². The minimum atomic E-state index is 0.0738. The van der Waals surface area contributed by atoms with Crippen molar-refractivity contribution in [2.24, 2.45) is 0 Å². The van der Waals surface area contributed by atoms with Crippen molar-refractivity contribution < 1.29 is 9.69 Å². The van der Waals surface area contributed by atoms with Gasteiger partial charge in [0.25, 0.3) is 5.91 Å². The van der Waals surface area contributed by atoms with Crippen molar-refractivity contribution >= 4 is 33.2 Å². The van der Waals surface area contributed by atoms with E-state index in [0.29, 0.717) is 6.54 Å². The monoisotopic (exact) mass is 416 g/mol. The molecule has 138 valence electrons. The molecule has 2 aromatic rings. The summed E-state index contributed by atoms with van der Waals surface area (Å²) in [6, 6.07) is 12.5. The number of hydrogen-bond donors (Lipinski definition) is 2. The standard InChI is InChI=1S/C21H26BrN3O/c1-15-7-8-19(18(22)13-15)23-21(26)14-24-9-11-25(12-10-24)20-6-4-5-16(2)17(20)3/h4-8,13H,9-12,14H2,1-3H3,(H,23,26)/p+1. The number of hydrogen-bond acceptors (Lipinski definition) is 2. The summed E-state index contributed by atoms with van der Waals surface area (Å²) in [4.78, 5) is 16.2.